The molecule has 2 aliphatic carbocycles. The Morgan fingerprint density at radius 1 is 1.55 bits per heavy atom. The summed E-state index contributed by atoms with van der Waals surface area (Å²) in [5, 5.41) is 11.3. The molecule has 0 aromatic rings. The highest BCUT2D eigenvalue weighted by Gasteiger charge is 2.66. The highest BCUT2D eigenvalue weighted by Crippen LogP contribution is 2.59. The molecule has 5 atom stereocenters. The molecule has 0 saturated carbocycles. The number of rotatable bonds is 1. The van der Waals surface area contributed by atoms with Crippen LogP contribution in [0.3, 0.4) is 0 Å². The number of hydrogen-bond donors (Lipinski definition) is 1. The average molecular weight is 304 g/mol. The molecule has 5 nitrogen and oxygen atoms in total. The predicted octanol–water partition coefficient (Wildman–Crippen LogP) is 1.88. The second-order valence-electron chi connectivity index (χ2n) is 6.54. The number of carbonyl (C=O) groups excluding carboxylic acids is 2. The zero-order valence-electron chi connectivity index (χ0n) is 13.0. The van der Waals surface area contributed by atoms with Crippen molar-refractivity contribution in [2.45, 2.75) is 38.9 Å². The molecule has 0 amide bonds. The van der Waals surface area contributed by atoms with Gasteiger partial charge in [-0.3, -0.25) is 4.79 Å². The van der Waals surface area contributed by atoms with E-state index in [2.05, 4.69) is 6.58 Å². The maximum Gasteiger partial charge on any atom is 0.334 e. The van der Waals surface area contributed by atoms with E-state index in [1.54, 1.807) is 19.1 Å². The maximum atomic E-state index is 11.9. The summed E-state index contributed by atoms with van der Waals surface area (Å²) in [6, 6.07) is 0. The number of hydrogen-bond acceptors (Lipinski definition) is 5. The van der Waals surface area contributed by atoms with Gasteiger partial charge in [-0.25, -0.2) is 4.79 Å². The van der Waals surface area contributed by atoms with Gasteiger partial charge in [-0.05, 0) is 19.4 Å². The number of esters is 2. The van der Waals surface area contributed by atoms with E-state index < -0.39 is 29.1 Å². The first kappa shape index (κ1) is 15.0. The first-order valence-electron chi connectivity index (χ1n) is 7.42. The van der Waals surface area contributed by atoms with Crippen molar-refractivity contribution in [2.75, 3.05) is 0 Å². The van der Waals surface area contributed by atoms with Gasteiger partial charge in [0.15, 0.2) is 0 Å². The second-order valence-corrected chi connectivity index (χ2v) is 6.54. The van der Waals surface area contributed by atoms with E-state index in [4.69, 9.17) is 9.47 Å². The summed E-state index contributed by atoms with van der Waals surface area (Å²) in [5.74, 6) is -1.05. The molecule has 3 rings (SSSR count). The average Bonchev–Trinajstić information content (AvgIpc) is 2.76. The van der Waals surface area contributed by atoms with Crippen LogP contribution in [0.1, 0.15) is 27.2 Å². The van der Waals surface area contributed by atoms with Crippen molar-refractivity contribution in [3.63, 3.8) is 0 Å². The van der Waals surface area contributed by atoms with E-state index in [-0.39, 0.29) is 11.8 Å². The van der Waals surface area contributed by atoms with Crippen LogP contribution < -0.4 is 0 Å². The predicted molar refractivity (Wildman–Crippen MR) is 78.3 cm³/mol. The quantitative estimate of drug-likeness (QED) is 0.455. The summed E-state index contributed by atoms with van der Waals surface area (Å²) >= 11 is 0. The fourth-order valence-corrected chi connectivity index (χ4v) is 3.97. The van der Waals surface area contributed by atoms with Gasteiger partial charge < -0.3 is 14.6 Å². The van der Waals surface area contributed by atoms with Crippen LogP contribution in [0.4, 0.5) is 0 Å². The Morgan fingerprint density at radius 3 is 2.86 bits per heavy atom. The Bertz CT molecular complexity index is 631. The van der Waals surface area contributed by atoms with Crippen LogP contribution in [0.2, 0.25) is 0 Å². The van der Waals surface area contributed by atoms with Gasteiger partial charge >= 0.3 is 11.9 Å². The minimum absolute atomic E-state index is 0.230. The molecule has 1 fully saturated rings. The van der Waals surface area contributed by atoms with Crippen LogP contribution in [-0.2, 0) is 19.1 Å². The van der Waals surface area contributed by atoms with Crippen molar-refractivity contribution in [3.05, 3.63) is 36.1 Å². The normalized spacial score (nSPS) is 43.1. The largest absolute Gasteiger partial charge is 0.457 e. The van der Waals surface area contributed by atoms with Crippen LogP contribution in [-0.4, -0.2) is 28.8 Å². The van der Waals surface area contributed by atoms with E-state index in [1.165, 1.54) is 6.92 Å². The van der Waals surface area contributed by atoms with Crippen molar-refractivity contribution < 1.29 is 24.2 Å². The molecule has 0 aromatic carbocycles. The molecule has 1 heterocycles. The van der Waals surface area contributed by atoms with Crippen LogP contribution in [0.25, 0.3) is 0 Å². The van der Waals surface area contributed by atoms with Crippen molar-refractivity contribution in [1.29, 1.82) is 0 Å². The van der Waals surface area contributed by atoms with E-state index in [0.717, 1.165) is 0 Å². The van der Waals surface area contributed by atoms with Crippen molar-refractivity contribution in [3.8, 4) is 0 Å². The molecule has 1 N–H and O–H groups in total. The third-order valence-electron chi connectivity index (χ3n) is 5.33. The number of fused-ring (bicyclic) bond motifs is 3. The van der Waals surface area contributed by atoms with Crippen LogP contribution in [0, 0.1) is 17.3 Å². The van der Waals surface area contributed by atoms with Crippen LogP contribution >= 0.6 is 0 Å². The van der Waals surface area contributed by atoms with Crippen molar-refractivity contribution >= 4 is 11.9 Å². The first-order chi connectivity index (χ1) is 10.2. The summed E-state index contributed by atoms with van der Waals surface area (Å²) in [7, 11) is 0. The molecule has 1 aliphatic heterocycles. The summed E-state index contributed by atoms with van der Waals surface area (Å²) in [4.78, 5) is 23.4. The van der Waals surface area contributed by atoms with Crippen LogP contribution in [0.15, 0.2) is 36.1 Å². The van der Waals surface area contributed by atoms with Gasteiger partial charge in [0, 0.05) is 24.3 Å². The lowest BCUT2D eigenvalue weighted by molar-refractivity contribution is -0.160. The van der Waals surface area contributed by atoms with Gasteiger partial charge in [-0.2, -0.15) is 0 Å². The molecule has 1 unspecified atom stereocenters. The lowest BCUT2D eigenvalue weighted by Crippen LogP contribution is -2.54. The Labute approximate surface area is 129 Å². The summed E-state index contributed by atoms with van der Waals surface area (Å²) in [6.45, 7) is 8.77. The summed E-state index contributed by atoms with van der Waals surface area (Å²) < 4.78 is 10.9. The van der Waals surface area contributed by atoms with Crippen molar-refractivity contribution in [1.82, 2.24) is 0 Å². The third kappa shape index (κ3) is 1.69. The first-order valence-corrected chi connectivity index (χ1v) is 7.42. The van der Waals surface area contributed by atoms with Crippen molar-refractivity contribution in [2.24, 2.45) is 17.3 Å². The third-order valence-corrected chi connectivity index (χ3v) is 5.33. The molecule has 5 heteroatoms. The van der Waals surface area contributed by atoms with E-state index in [0.29, 0.717) is 17.8 Å². The molecule has 3 aliphatic rings. The van der Waals surface area contributed by atoms with Gasteiger partial charge in [0.25, 0.3) is 0 Å². The number of allylic oxidation sites excluding steroid dienone is 1. The molecule has 0 bridgehead atoms. The molecule has 1 saturated heterocycles. The van der Waals surface area contributed by atoms with Gasteiger partial charge in [-0.15, -0.1) is 0 Å². The topological polar surface area (TPSA) is 72.8 Å². The Hall–Kier alpha value is -1.88. The van der Waals surface area contributed by atoms with Gasteiger partial charge in [0.05, 0.1) is 5.41 Å². The summed E-state index contributed by atoms with van der Waals surface area (Å²) in [5.41, 5.74) is -1.89. The highest BCUT2D eigenvalue weighted by molar-refractivity contribution is 5.91. The fourth-order valence-electron chi connectivity index (χ4n) is 3.97. The summed E-state index contributed by atoms with van der Waals surface area (Å²) in [6.07, 6.45) is 5.29. The molecular weight excluding hydrogens is 284 g/mol. The molecule has 0 aromatic heterocycles. The van der Waals surface area contributed by atoms with E-state index in [9.17, 15) is 14.7 Å². The minimum atomic E-state index is -1.28. The Balaban J connectivity index is 2.15. The molecule has 118 valence electrons. The smallest absolute Gasteiger partial charge is 0.334 e. The van der Waals surface area contributed by atoms with E-state index in [1.807, 2.05) is 13.0 Å². The Morgan fingerprint density at radius 2 is 2.23 bits per heavy atom. The van der Waals surface area contributed by atoms with Gasteiger partial charge in [0.2, 0.25) is 0 Å². The zero-order chi connectivity index (χ0) is 16.3. The molecule has 0 spiro atoms. The SMILES string of the molecule is C=C1C(=O)O[C@@H]2[C@H]1CC=C[C@]1(O)C(C)C=C(OC(C)=O)[C@@]21C. The number of ether oxygens (including phenoxy) is 2. The molecule has 22 heavy (non-hydrogen) atoms. The molecule has 0 radical (unpaired) electrons. The van der Waals surface area contributed by atoms with Crippen LogP contribution in [0.5, 0.6) is 0 Å². The number of carbonyl (C=O) groups is 2. The maximum absolute atomic E-state index is 11.9. The second kappa shape index (κ2) is 4.56. The van der Waals surface area contributed by atoms with Gasteiger partial charge in [0.1, 0.15) is 17.5 Å². The lowest BCUT2D eigenvalue weighted by Gasteiger charge is -2.44. The highest BCUT2D eigenvalue weighted by atomic mass is 16.6. The fraction of sp³-hybridized carbons (Fsp3) is 0.529. The monoisotopic (exact) mass is 304 g/mol. The lowest BCUT2D eigenvalue weighted by atomic mass is 9.66. The minimum Gasteiger partial charge on any atom is -0.457 e. The van der Waals surface area contributed by atoms with Gasteiger partial charge in [-0.1, -0.05) is 25.7 Å². The number of aliphatic hydroxyl groups is 1. The zero-order valence-corrected chi connectivity index (χ0v) is 13.0. The van der Waals surface area contributed by atoms with E-state index >= 15 is 0 Å². The molecular formula is C17H20O5. The standard InChI is InChI=1S/C17H20O5/c1-9-8-13(21-11(3)18)16(4)14-12(10(2)15(19)22-14)6-5-7-17(9,16)20/h5,7-9,12,14,20H,2,6H2,1,3-4H3/t9?,12-,14+,16-,17-/m0/s1. The Kier molecular flexibility index (Phi) is 3.11.